The number of rotatable bonds is 3. The second-order valence-corrected chi connectivity index (χ2v) is 4.85. The van der Waals surface area contributed by atoms with Crippen LogP contribution in [-0.2, 0) is 0 Å². The zero-order valence-corrected chi connectivity index (χ0v) is 11.8. The lowest BCUT2D eigenvalue weighted by molar-refractivity contribution is 0.194. The second-order valence-electron chi connectivity index (χ2n) is 4.85. The molecule has 3 nitrogen and oxygen atoms in total. The molecule has 2 aromatic rings. The van der Waals surface area contributed by atoms with Crippen LogP contribution in [0.2, 0.25) is 0 Å². The zero-order valence-electron chi connectivity index (χ0n) is 11.8. The van der Waals surface area contributed by atoms with Crippen molar-refractivity contribution in [2.45, 2.75) is 33.8 Å². The third-order valence-corrected chi connectivity index (χ3v) is 3.28. The summed E-state index contributed by atoms with van der Waals surface area (Å²) in [6.07, 6.45) is 1.08. The standard InChI is InChI=1S/C16H19NO2/c1-10-5-6-11(2)16(12(10)3)19-14-7-8-15(13(4)18)17-9-14/h5-9,13,18H,1-4H3. The van der Waals surface area contributed by atoms with Crippen LogP contribution in [0.3, 0.4) is 0 Å². The average Bonchev–Trinajstić information content (AvgIpc) is 2.40. The highest BCUT2D eigenvalue weighted by atomic mass is 16.5. The first-order valence-electron chi connectivity index (χ1n) is 6.37. The lowest BCUT2D eigenvalue weighted by Gasteiger charge is -2.13. The number of aromatic nitrogens is 1. The molecule has 1 unspecified atom stereocenters. The molecule has 0 spiro atoms. The second kappa shape index (κ2) is 5.41. The number of aliphatic hydroxyl groups is 1. The third kappa shape index (κ3) is 2.93. The minimum Gasteiger partial charge on any atom is -0.455 e. The van der Waals surface area contributed by atoms with Crippen LogP contribution in [0.4, 0.5) is 0 Å². The van der Waals surface area contributed by atoms with E-state index in [0.29, 0.717) is 11.4 Å². The molecule has 0 aliphatic heterocycles. The number of hydrogen-bond donors (Lipinski definition) is 1. The number of aryl methyl sites for hydroxylation is 2. The molecule has 0 radical (unpaired) electrons. The van der Waals surface area contributed by atoms with Gasteiger partial charge in [-0.2, -0.15) is 0 Å². The first-order valence-corrected chi connectivity index (χ1v) is 6.37. The van der Waals surface area contributed by atoms with Crippen molar-refractivity contribution in [3.05, 3.63) is 52.8 Å². The van der Waals surface area contributed by atoms with Gasteiger partial charge in [-0.25, -0.2) is 0 Å². The minimum absolute atomic E-state index is 0.559. The molecule has 1 heterocycles. The summed E-state index contributed by atoms with van der Waals surface area (Å²) in [5.74, 6) is 1.56. The molecule has 1 atom stereocenters. The molecular formula is C16H19NO2. The first-order chi connectivity index (χ1) is 8.99. The van der Waals surface area contributed by atoms with Crippen LogP contribution in [0.1, 0.15) is 35.4 Å². The largest absolute Gasteiger partial charge is 0.455 e. The summed E-state index contributed by atoms with van der Waals surface area (Å²) in [5, 5.41) is 9.43. The molecule has 19 heavy (non-hydrogen) atoms. The Morgan fingerprint density at radius 3 is 2.32 bits per heavy atom. The quantitative estimate of drug-likeness (QED) is 0.908. The van der Waals surface area contributed by atoms with Gasteiger partial charge in [0.1, 0.15) is 11.5 Å². The fourth-order valence-electron chi connectivity index (χ4n) is 1.90. The van der Waals surface area contributed by atoms with Gasteiger partial charge in [0.05, 0.1) is 18.0 Å². The van der Waals surface area contributed by atoms with Crippen LogP contribution in [-0.4, -0.2) is 10.1 Å². The van der Waals surface area contributed by atoms with Crippen LogP contribution in [0, 0.1) is 20.8 Å². The van der Waals surface area contributed by atoms with E-state index in [1.54, 1.807) is 19.2 Å². The highest BCUT2D eigenvalue weighted by Crippen LogP contribution is 2.30. The summed E-state index contributed by atoms with van der Waals surface area (Å²) in [7, 11) is 0. The number of hydrogen-bond acceptors (Lipinski definition) is 3. The molecule has 0 aliphatic rings. The van der Waals surface area contributed by atoms with E-state index >= 15 is 0 Å². The molecule has 0 saturated heterocycles. The first kappa shape index (κ1) is 13.6. The molecule has 0 amide bonds. The van der Waals surface area contributed by atoms with Gasteiger partial charge in [0.2, 0.25) is 0 Å². The van der Waals surface area contributed by atoms with Gasteiger partial charge in [0.25, 0.3) is 0 Å². The fraction of sp³-hybridized carbons (Fsp3) is 0.312. The summed E-state index contributed by atoms with van der Waals surface area (Å²) < 4.78 is 5.91. The molecule has 0 fully saturated rings. The minimum atomic E-state index is -0.559. The maximum absolute atomic E-state index is 9.43. The van der Waals surface area contributed by atoms with Gasteiger partial charge in [0.15, 0.2) is 0 Å². The van der Waals surface area contributed by atoms with Crippen LogP contribution in [0.25, 0.3) is 0 Å². The zero-order chi connectivity index (χ0) is 14.0. The van der Waals surface area contributed by atoms with E-state index in [0.717, 1.165) is 16.9 Å². The van der Waals surface area contributed by atoms with Crippen molar-refractivity contribution in [3.8, 4) is 11.5 Å². The Morgan fingerprint density at radius 1 is 1.05 bits per heavy atom. The van der Waals surface area contributed by atoms with Crippen molar-refractivity contribution in [1.82, 2.24) is 4.98 Å². The van der Waals surface area contributed by atoms with Crippen molar-refractivity contribution in [2.24, 2.45) is 0 Å². The Kier molecular flexibility index (Phi) is 3.86. The van der Waals surface area contributed by atoms with Gasteiger partial charge in [-0.05, 0) is 56.5 Å². The van der Waals surface area contributed by atoms with Crippen LogP contribution >= 0.6 is 0 Å². The van der Waals surface area contributed by atoms with E-state index in [9.17, 15) is 5.11 Å². The topological polar surface area (TPSA) is 42.4 Å². The molecule has 0 aliphatic carbocycles. The summed E-state index contributed by atoms with van der Waals surface area (Å²) >= 11 is 0. The Balaban J connectivity index is 2.29. The number of aliphatic hydroxyl groups excluding tert-OH is 1. The molecule has 1 aromatic carbocycles. The van der Waals surface area contributed by atoms with E-state index in [1.165, 1.54) is 5.56 Å². The van der Waals surface area contributed by atoms with Crippen molar-refractivity contribution in [3.63, 3.8) is 0 Å². The summed E-state index contributed by atoms with van der Waals surface area (Å²) in [4.78, 5) is 4.18. The summed E-state index contributed by atoms with van der Waals surface area (Å²) in [5.41, 5.74) is 4.08. The predicted octanol–water partition coefficient (Wildman–Crippen LogP) is 3.85. The molecule has 0 bridgehead atoms. The molecule has 3 heteroatoms. The van der Waals surface area contributed by atoms with Gasteiger partial charge < -0.3 is 9.84 Å². The third-order valence-electron chi connectivity index (χ3n) is 3.28. The SMILES string of the molecule is Cc1ccc(C)c(Oc2ccc(C(C)O)nc2)c1C. The molecule has 2 rings (SSSR count). The highest BCUT2D eigenvalue weighted by Gasteiger charge is 2.08. The Hall–Kier alpha value is -1.87. The van der Waals surface area contributed by atoms with E-state index in [-0.39, 0.29) is 0 Å². The van der Waals surface area contributed by atoms with Gasteiger partial charge in [-0.3, -0.25) is 4.98 Å². The summed E-state index contributed by atoms with van der Waals surface area (Å²) in [6.45, 7) is 7.84. The van der Waals surface area contributed by atoms with Crippen molar-refractivity contribution in [1.29, 1.82) is 0 Å². The lowest BCUT2D eigenvalue weighted by atomic mass is 10.1. The van der Waals surface area contributed by atoms with E-state index < -0.39 is 6.10 Å². The Morgan fingerprint density at radius 2 is 1.74 bits per heavy atom. The number of benzene rings is 1. The van der Waals surface area contributed by atoms with Gasteiger partial charge in [0, 0.05) is 0 Å². The number of nitrogens with zero attached hydrogens (tertiary/aromatic N) is 1. The normalized spacial score (nSPS) is 12.3. The predicted molar refractivity (Wildman–Crippen MR) is 75.6 cm³/mol. The Bertz CT molecular complexity index is 574. The molecule has 100 valence electrons. The Labute approximate surface area is 113 Å². The van der Waals surface area contributed by atoms with Crippen LogP contribution < -0.4 is 4.74 Å². The smallest absolute Gasteiger partial charge is 0.145 e. The molecule has 1 N–H and O–H groups in total. The molecule has 0 saturated carbocycles. The van der Waals surface area contributed by atoms with Crippen LogP contribution in [0.5, 0.6) is 11.5 Å². The lowest BCUT2D eigenvalue weighted by Crippen LogP contribution is -1.97. The van der Waals surface area contributed by atoms with Crippen molar-refractivity contribution in [2.75, 3.05) is 0 Å². The number of pyridine rings is 1. The van der Waals surface area contributed by atoms with Crippen molar-refractivity contribution < 1.29 is 9.84 Å². The molecular weight excluding hydrogens is 238 g/mol. The van der Waals surface area contributed by atoms with Crippen LogP contribution in [0.15, 0.2) is 30.5 Å². The van der Waals surface area contributed by atoms with Crippen molar-refractivity contribution >= 4 is 0 Å². The maximum atomic E-state index is 9.43. The fourth-order valence-corrected chi connectivity index (χ4v) is 1.90. The van der Waals surface area contributed by atoms with Gasteiger partial charge in [-0.15, -0.1) is 0 Å². The molecule has 1 aromatic heterocycles. The average molecular weight is 257 g/mol. The van der Waals surface area contributed by atoms with Gasteiger partial charge >= 0.3 is 0 Å². The highest BCUT2D eigenvalue weighted by molar-refractivity contribution is 5.46. The van der Waals surface area contributed by atoms with E-state index in [4.69, 9.17) is 4.74 Å². The van der Waals surface area contributed by atoms with E-state index in [1.807, 2.05) is 13.0 Å². The maximum Gasteiger partial charge on any atom is 0.145 e. The number of ether oxygens (including phenoxy) is 1. The van der Waals surface area contributed by atoms with E-state index in [2.05, 4.69) is 31.0 Å². The van der Waals surface area contributed by atoms with Gasteiger partial charge in [-0.1, -0.05) is 12.1 Å². The monoisotopic (exact) mass is 257 g/mol. The summed E-state index contributed by atoms with van der Waals surface area (Å²) in [6, 6.07) is 7.75.